The Bertz CT molecular complexity index is 471. The average Bonchev–Trinajstić information content (AvgIpc) is 2.72. The van der Waals surface area contributed by atoms with Gasteiger partial charge in [-0.2, -0.15) is 11.8 Å². The minimum Gasteiger partial charge on any atom is -0.477 e. The maximum atomic E-state index is 11.3. The van der Waals surface area contributed by atoms with Crippen molar-refractivity contribution in [3.63, 3.8) is 0 Å². The highest BCUT2D eigenvalue weighted by atomic mass is 32.2. The fourth-order valence-electron chi connectivity index (χ4n) is 2.23. The summed E-state index contributed by atoms with van der Waals surface area (Å²) < 4.78 is 0.207. The molecule has 2 rings (SSSR count). The number of anilines is 1. The van der Waals surface area contributed by atoms with Gasteiger partial charge in [-0.05, 0) is 20.3 Å². The molecule has 6 heteroatoms. The molecule has 2 heterocycles. The fourth-order valence-corrected chi connectivity index (χ4v) is 4.32. The van der Waals surface area contributed by atoms with Gasteiger partial charge >= 0.3 is 5.97 Å². The van der Waals surface area contributed by atoms with Gasteiger partial charge in [0.05, 0.1) is 5.69 Å². The molecule has 1 aliphatic rings. The average molecular weight is 300 g/mol. The van der Waals surface area contributed by atoms with Gasteiger partial charge in [-0.3, -0.25) is 0 Å². The molecule has 1 aromatic heterocycles. The van der Waals surface area contributed by atoms with Crippen LogP contribution in [0, 0.1) is 0 Å². The van der Waals surface area contributed by atoms with Crippen LogP contribution in [0.4, 0.5) is 5.13 Å². The SMILES string of the molecule is CCCc1nc(N2CCSC(C)(C)C2)sc1C(=O)O. The molecule has 0 aliphatic carbocycles. The molecule has 0 amide bonds. The predicted molar refractivity (Wildman–Crippen MR) is 81.8 cm³/mol. The van der Waals surface area contributed by atoms with Crippen LogP contribution in [0.1, 0.15) is 42.6 Å². The van der Waals surface area contributed by atoms with E-state index in [1.54, 1.807) is 0 Å². The summed E-state index contributed by atoms with van der Waals surface area (Å²) in [6.07, 6.45) is 1.66. The van der Waals surface area contributed by atoms with Crippen molar-refractivity contribution in [2.24, 2.45) is 0 Å². The van der Waals surface area contributed by atoms with Crippen molar-refractivity contribution >= 4 is 34.2 Å². The van der Waals surface area contributed by atoms with E-state index in [1.807, 2.05) is 18.7 Å². The first kappa shape index (κ1) is 14.7. The molecule has 0 atom stereocenters. The van der Waals surface area contributed by atoms with Gasteiger partial charge in [0.15, 0.2) is 5.13 Å². The molecule has 0 saturated carbocycles. The first-order chi connectivity index (χ1) is 8.93. The molecular formula is C13H20N2O2S2. The van der Waals surface area contributed by atoms with Crippen LogP contribution in [0.15, 0.2) is 0 Å². The number of thioether (sulfide) groups is 1. The van der Waals surface area contributed by atoms with Crippen LogP contribution < -0.4 is 4.90 Å². The number of aryl methyl sites for hydroxylation is 1. The second-order valence-electron chi connectivity index (χ2n) is 5.36. The van der Waals surface area contributed by atoms with Gasteiger partial charge in [-0.15, -0.1) is 0 Å². The van der Waals surface area contributed by atoms with Gasteiger partial charge in [0.2, 0.25) is 0 Å². The Morgan fingerprint density at radius 3 is 2.84 bits per heavy atom. The molecule has 0 bridgehead atoms. The van der Waals surface area contributed by atoms with Gasteiger partial charge in [0.25, 0.3) is 0 Å². The number of aromatic carboxylic acids is 1. The summed E-state index contributed by atoms with van der Waals surface area (Å²) in [5.74, 6) is 0.218. The molecule has 4 nitrogen and oxygen atoms in total. The number of rotatable bonds is 4. The highest BCUT2D eigenvalue weighted by Crippen LogP contribution is 2.35. The maximum absolute atomic E-state index is 11.3. The van der Waals surface area contributed by atoms with E-state index in [2.05, 4.69) is 23.7 Å². The standard InChI is InChI=1S/C13H20N2O2S2/c1-4-5-9-10(11(16)17)19-12(14-9)15-6-7-18-13(2,3)8-15/h4-8H2,1-3H3,(H,16,17). The highest BCUT2D eigenvalue weighted by Gasteiger charge is 2.29. The van der Waals surface area contributed by atoms with E-state index >= 15 is 0 Å². The second-order valence-corrected chi connectivity index (χ2v) is 8.14. The quantitative estimate of drug-likeness (QED) is 0.926. The van der Waals surface area contributed by atoms with Crippen molar-refractivity contribution in [3.8, 4) is 0 Å². The molecule has 19 heavy (non-hydrogen) atoms. The summed E-state index contributed by atoms with van der Waals surface area (Å²) in [5, 5.41) is 10.1. The number of carbonyl (C=O) groups is 1. The maximum Gasteiger partial charge on any atom is 0.347 e. The number of hydrogen-bond donors (Lipinski definition) is 1. The van der Waals surface area contributed by atoms with Gasteiger partial charge in [-0.1, -0.05) is 24.7 Å². The van der Waals surface area contributed by atoms with Crippen molar-refractivity contribution in [2.75, 3.05) is 23.7 Å². The summed E-state index contributed by atoms with van der Waals surface area (Å²) in [7, 11) is 0. The third-order valence-corrected chi connectivity index (χ3v) is 5.51. The van der Waals surface area contributed by atoms with Gasteiger partial charge in [0, 0.05) is 23.6 Å². The number of carboxylic acids is 1. The lowest BCUT2D eigenvalue weighted by Crippen LogP contribution is -2.43. The molecule has 0 radical (unpaired) electrons. The summed E-state index contributed by atoms with van der Waals surface area (Å²) in [6.45, 7) is 8.37. The molecule has 1 N–H and O–H groups in total. The molecule has 1 aromatic rings. The highest BCUT2D eigenvalue weighted by molar-refractivity contribution is 8.00. The van der Waals surface area contributed by atoms with E-state index in [9.17, 15) is 9.90 Å². The Balaban J connectivity index is 2.25. The summed E-state index contributed by atoms with van der Waals surface area (Å²) >= 11 is 3.29. The summed E-state index contributed by atoms with van der Waals surface area (Å²) in [5.41, 5.74) is 0.742. The largest absolute Gasteiger partial charge is 0.477 e. The molecule has 0 unspecified atom stereocenters. The first-order valence-corrected chi connectivity index (χ1v) is 8.35. The molecule has 1 aliphatic heterocycles. The number of thiazole rings is 1. The zero-order valence-corrected chi connectivity index (χ0v) is 13.2. The van der Waals surface area contributed by atoms with Gasteiger partial charge in [-0.25, -0.2) is 9.78 Å². The minimum absolute atomic E-state index is 0.207. The van der Waals surface area contributed by atoms with Crippen molar-refractivity contribution in [2.45, 2.75) is 38.4 Å². The van der Waals surface area contributed by atoms with Crippen LogP contribution in [0.5, 0.6) is 0 Å². The van der Waals surface area contributed by atoms with Gasteiger partial charge in [0.1, 0.15) is 4.88 Å². The Labute approximate surface area is 122 Å². The van der Waals surface area contributed by atoms with Crippen LogP contribution in [0.25, 0.3) is 0 Å². The zero-order chi connectivity index (χ0) is 14.0. The lowest BCUT2D eigenvalue weighted by atomic mass is 10.2. The molecule has 0 spiro atoms. The van der Waals surface area contributed by atoms with E-state index in [4.69, 9.17) is 0 Å². The number of nitrogens with zero attached hydrogens (tertiary/aromatic N) is 2. The van der Waals surface area contributed by atoms with E-state index in [-0.39, 0.29) is 4.75 Å². The third-order valence-electron chi connectivity index (χ3n) is 3.06. The van der Waals surface area contributed by atoms with Crippen molar-refractivity contribution in [1.29, 1.82) is 0 Å². The number of hydrogen-bond acceptors (Lipinski definition) is 5. The smallest absolute Gasteiger partial charge is 0.347 e. The van der Waals surface area contributed by atoms with E-state index < -0.39 is 5.97 Å². The molecule has 1 saturated heterocycles. The van der Waals surface area contributed by atoms with Crippen LogP contribution in [-0.2, 0) is 6.42 Å². The van der Waals surface area contributed by atoms with Crippen molar-refractivity contribution < 1.29 is 9.90 Å². The predicted octanol–water partition coefficient (Wildman–Crippen LogP) is 3.13. The van der Waals surface area contributed by atoms with Crippen LogP contribution >= 0.6 is 23.1 Å². The normalized spacial score (nSPS) is 18.6. The Hall–Kier alpha value is -0.750. The molecule has 106 valence electrons. The molecular weight excluding hydrogens is 280 g/mol. The topological polar surface area (TPSA) is 53.4 Å². The lowest BCUT2D eigenvalue weighted by molar-refractivity contribution is 0.0700. The summed E-state index contributed by atoms with van der Waals surface area (Å²) in [4.78, 5) is 18.5. The molecule has 1 fully saturated rings. The first-order valence-electron chi connectivity index (χ1n) is 6.55. The number of aromatic nitrogens is 1. The minimum atomic E-state index is -0.849. The van der Waals surface area contributed by atoms with Crippen LogP contribution in [-0.4, -0.2) is 39.6 Å². The second kappa shape index (κ2) is 5.71. The fraction of sp³-hybridized carbons (Fsp3) is 0.692. The van der Waals surface area contributed by atoms with Crippen LogP contribution in [0.3, 0.4) is 0 Å². The van der Waals surface area contributed by atoms with Crippen molar-refractivity contribution in [3.05, 3.63) is 10.6 Å². The van der Waals surface area contributed by atoms with E-state index in [1.165, 1.54) is 11.3 Å². The lowest BCUT2D eigenvalue weighted by Gasteiger charge is -2.37. The van der Waals surface area contributed by atoms with Gasteiger partial charge < -0.3 is 10.0 Å². The van der Waals surface area contributed by atoms with Crippen LogP contribution in [0.2, 0.25) is 0 Å². The Morgan fingerprint density at radius 2 is 2.26 bits per heavy atom. The monoisotopic (exact) mass is 300 g/mol. The summed E-state index contributed by atoms with van der Waals surface area (Å²) in [6, 6.07) is 0. The Kier molecular flexibility index (Phi) is 4.40. The Morgan fingerprint density at radius 1 is 1.53 bits per heavy atom. The van der Waals surface area contributed by atoms with E-state index in [0.717, 1.165) is 42.5 Å². The zero-order valence-electron chi connectivity index (χ0n) is 11.6. The van der Waals surface area contributed by atoms with Crippen molar-refractivity contribution in [1.82, 2.24) is 4.98 Å². The van der Waals surface area contributed by atoms with E-state index in [0.29, 0.717) is 4.88 Å². The number of carboxylic acid groups (broad SMARTS) is 1. The molecule has 0 aromatic carbocycles. The third kappa shape index (κ3) is 3.42.